The normalized spacial score (nSPS) is 10.8. The van der Waals surface area contributed by atoms with Crippen LogP contribution in [0.3, 0.4) is 0 Å². The van der Waals surface area contributed by atoms with Crippen LogP contribution in [0.1, 0.15) is 5.56 Å². The van der Waals surface area contributed by atoms with Crippen LogP contribution in [0.4, 0.5) is 0 Å². The monoisotopic (exact) mass is 301 g/mol. The second kappa shape index (κ2) is 5.93. The number of rotatable bonds is 4. The molecular weight excluding hydrogens is 286 g/mol. The number of pyridine rings is 1. The minimum absolute atomic E-state index is 0.544. The second-order valence-corrected chi connectivity index (χ2v) is 5.24. The summed E-state index contributed by atoms with van der Waals surface area (Å²) in [6.07, 6.45) is 1.71. The lowest BCUT2D eigenvalue weighted by molar-refractivity contribution is 0.438. The fraction of sp³-hybridized carbons (Fsp3) is 0.0526. The summed E-state index contributed by atoms with van der Waals surface area (Å²) in [5, 5.41) is 5.61. The van der Waals surface area contributed by atoms with E-state index >= 15 is 0 Å². The van der Waals surface area contributed by atoms with E-state index in [4.69, 9.17) is 4.74 Å². The van der Waals surface area contributed by atoms with E-state index in [-0.39, 0.29) is 0 Å². The maximum Gasteiger partial charge on any atom is 0.247 e. The molecule has 0 radical (unpaired) electrons. The van der Waals surface area contributed by atoms with Crippen LogP contribution in [0.15, 0.2) is 79.0 Å². The van der Waals surface area contributed by atoms with Gasteiger partial charge in [0.15, 0.2) is 0 Å². The van der Waals surface area contributed by atoms with Crippen LogP contribution < -0.4 is 4.74 Å². The molecule has 0 unspecified atom stereocenters. The van der Waals surface area contributed by atoms with Crippen LogP contribution in [0, 0.1) is 0 Å². The van der Waals surface area contributed by atoms with Crippen molar-refractivity contribution >= 4 is 10.9 Å². The molecule has 4 nitrogen and oxygen atoms in total. The van der Waals surface area contributed by atoms with Crippen molar-refractivity contribution < 1.29 is 4.74 Å². The third kappa shape index (κ3) is 2.79. The number of hydrogen-bond donors (Lipinski definition) is 0. The molecule has 2 heterocycles. The van der Waals surface area contributed by atoms with Gasteiger partial charge in [-0.1, -0.05) is 48.5 Å². The molecule has 0 spiro atoms. The first-order valence-electron chi connectivity index (χ1n) is 7.48. The Morgan fingerprint density at radius 1 is 0.826 bits per heavy atom. The first-order valence-corrected chi connectivity index (χ1v) is 7.48. The van der Waals surface area contributed by atoms with Gasteiger partial charge in [0.25, 0.3) is 0 Å². The molecule has 0 aliphatic carbocycles. The Labute approximate surface area is 134 Å². The Bertz CT molecular complexity index is 842. The standard InChI is InChI=1S/C19H15N3O/c1-2-8-15(9-3-1)14-22-17-11-5-4-10-16(17)19(21-22)23-18-12-6-7-13-20-18/h1-13H,14H2. The van der Waals surface area contributed by atoms with Crippen molar-refractivity contribution in [3.8, 4) is 11.8 Å². The minimum Gasteiger partial charge on any atom is -0.418 e. The molecule has 0 amide bonds. The highest BCUT2D eigenvalue weighted by molar-refractivity contribution is 5.84. The fourth-order valence-corrected chi connectivity index (χ4v) is 2.56. The Hall–Kier alpha value is -3.14. The minimum atomic E-state index is 0.544. The number of aromatic nitrogens is 3. The maximum atomic E-state index is 5.87. The molecule has 4 heteroatoms. The average molecular weight is 301 g/mol. The molecule has 23 heavy (non-hydrogen) atoms. The van der Waals surface area contributed by atoms with E-state index in [0.29, 0.717) is 18.3 Å². The highest BCUT2D eigenvalue weighted by Crippen LogP contribution is 2.28. The summed E-state index contributed by atoms with van der Waals surface area (Å²) in [5.41, 5.74) is 2.24. The molecule has 0 atom stereocenters. The van der Waals surface area contributed by atoms with E-state index in [2.05, 4.69) is 28.3 Å². The summed E-state index contributed by atoms with van der Waals surface area (Å²) in [7, 11) is 0. The summed E-state index contributed by atoms with van der Waals surface area (Å²) in [6, 6.07) is 23.9. The molecule has 2 aromatic heterocycles. The molecule has 0 aliphatic heterocycles. The van der Waals surface area contributed by atoms with Gasteiger partial charge in [0.05, 0.1) is 17.4 Å². The van der Waals surface area contributed by atoms with Crippen molar-refractivity contribution in [3.63, 3.8) is 0 Å². The number of hydrogen-bond acceptors (Lipinski definition) is 3. The van der Waals surface area contributed by atoms with Crippen molar-refractivity contribution in [3.05, 3.63) is 84.6 Å². The van der Waals surface area contributed by atoms with Crippen LogP contribution in [0.2, 0.25) is 0 Å². The highest BCUT2D eigenvalue weighted by Gasteiger charge is 2.12. The third-order valence-corrected chi connectivity index (χ3v) is 3.64. The van der Waals surface area contributed by atoms with E-state index in [1.54, 1.807) is 6.20 Å². The van der Waals surface area contributed by atoms with E-state index in [9.17, 15) is 0 Å². The number of fused-ring (bicyclic) bond motifs is 1. The molecule has 4 rings (SSSR count). The maximum absolute atomic E-state index is 5.87. The van der Waals surface area contributed by atoms with Gasteiger partial charge < -0.3 is 4.74 Å². The summed E-state index contributed by atoms with van der Waals surface area (Å²) in [5.74, 6) is 1.12. The third-order valence-electron chi connectivity index (χ3n) is 3.64. The van der Waals surface area contributed by atoms with Crippen LogP contribution in [-0.2, 0) is 6.54 Å². The zero-order valence-corrected chi connectivity index (χ0v) is 12.5. The van der Waals surface area contributed by atoms with Gasteiger partial charge >= 0.3 is 0 Å². The molecule has 4 aromatic rings. The van der Waals surface area contributed by atoms with Gasteiger partial charge in [-0.15, -0.1) is 5.10 Å². The van der Waals surface area contributed by atoms with Crippen molar-refractivity contribution in [2.45, 2.75) is 6.54 Å². The smallest absolute Gasteiger partial charge is 0.247 e. The van der Waals surface area contributed by atoms with E-state index in [0.717, 1.165) is 10.9 Å². The van der Waals surface area contributed by atoms with Gasteiger partial charge in [0, 0.05) is 12.3 Å². The Balaban J connectivity index is 1.74. The Morgan fingerprint density at radius 3 is 2.43 bits per heavy atom. The lowest BCUT2D eigenvalue weighted by atomic mass is 10.2. The first-order chi connectivity index (χ1) is 11.4. The number of nitrogens with zero attached hydrogens (tertiary/aromatic N) is 3. The van der Waals surface area contributed by atoms with Gasteiger partial charge in [-0.05, 0) is 23.8 Å². The molecule has 0 saturated heterocycles. The summed E-state index contributed by atoms with van der Waals surface area (Å²) >= 11 is 0. The van der Waals surface area contributed by atoms with Crippen LogP contribution in [0.5, 0.6) is 11.8 Å². The van der Waals surface area contributed by atoms with E-state index in [1.165, 1.54) is 5.56 Å². The highest BCUT2D eigenvalue weighted by atomic mass is 16.5. The summed E-state index contributed by atoms with van der Waals surface area (Å²) in [6.45, 7) is 0.701. The van der Waals surface area contributed by atoms with E-state index < -0.39 is 0 Å². The molecule has 0 N–H and O–H groups in total. The molecular formula is C19H15N3O. The van der Waals surface area contributed by atoms with Crippen molar-refractivity contribution in [2.75, 3.05) is 0 Å². The van der Waals surface area contributed by atoms with E-state index in [1.807, 2.05) is 59.3 Å². The number of benzene rings is 2. The predicted octanol–water partition coefficient (Wildman–Crippen LogP) is 4.27. The Kier molecular flexibility index (Phi) is 3.48. The molecule has 0 saturated carbocycles. The lowest BCUT2D eigenvalue weighted by Gasteiger charge is -2.03. The van der Waals surface area contributed by atoms with Crippen LogP contribution in [-0.4, -0.2) is 14.8 Å². The molecule has 2 aromatic carbocycles. The zero-order valence-electron chi connectivity index (χ0n) is 12.5. The summed E-state index contributed by atoms with van der Waals surface area (Å²) in [4.78, 5) is 4.20. The second-order valence-electron chi connectivity index (χ2n) is 5.24. The van der Waals surface area contributed by atoms with Gasteiger partial charge in [0.1, 0.15) is 0 Å². The molecule has 0 bridgehead atoms. The first kappa shape index (κ1) is 13.5. The van der Waals surface area contributed by atoms with Crippen LogP contribution in [0.25, 0.3) is 10.9 Å². The van der Waals surface area contributed by atoms with Crippen molar-refractivity contribution in [1.29, 1.82) is 0 Å². The largest absolute Gasteiger partial charge is 0.418 e. The number of para-hydroxylation sites is 1. The molecule has 112 valence electrons. The van der Waals surface area contributed by atoms with Gasteiger partial charge in [0.2, 0.25) is 11.8 Å². The van der Waals surface area contributed by atoms with Gasteiger partial charge in [-0.2, -0.15) is 0 Å². The average Bonchev–Trinajstić information content (AvgIpc) is 2.95. The Morgan fingerprint density at radius 2 is 1.61 bits per heavy atom. The molecule has 0 aliphatic rings. The quantitative estimate of drug-likeness (QED) is 0.565. The lowest BCUT2D eigenvalue weighted by Crippen LogP contribution is -2.01. The predicted molar refractivity (Wildman–Crippen MR) is 89.6 cm³/mol. The van der Waals surface area contributed by atoms with Gasteiger partial charge in [-0.25, -0.2) is 4.98 Å². The van der Waals surface area contributed by atoms with Crippen molar-refractivity contribution in [2.24, 2.45) is 0 Å². The fourth-order valence-electron chi connectivity index (χ4n) is 2.56. The molecule has 0 fully saturated rings. The number of ether oxygens (including phenoxy) is 1. The summed E-state index contributed by atoms with van der Waals surface area (Å²) < 4.78 is 7.83. The van der Waals surface area contributed by atoms with Crippen molar-refractivity contribution in [1.82, 2.24) is 14.8 Å². The topological polar surface area (TPSA) is 39.9 Å². The van der Waals surface area contributed by atoms with Crippen LogP contribution >= 0.6 is 0 Å². The van der Waals surface area contributed by atoms with Gasteiger partial charge in [-0.3, -0.25) is 4.68 Å². The SMILES string of the molecule is c1ccc(Cn2nc(Oc3ccccn3)c3ccccc32)cc1. The zero-order chi connectivity index (χ0) is 15.5.